The lowest BCUT2D eigenvalue weighted by Crippen LogP contribution is -2.74. The fourth-order valence-corrected chi connectivity index (χ4v) is 5.13. The molecule has 3 heterocycles. The second-order valence-corrected chi connectivity index (χ2v) is 7.68. The van der Waals surface area contributed by atoms with Crippen molar-refractivity contribution in [3.8, 4) is 0 Å². The molecule has 3 atom stereocenters. The summed E-state index contributed by atoms with van der Waals surface area (Å²) in [5.41, 5.74) is 1.36. The summed E-state index contributed by atoms with van der Waals surface area (Å²) in [4.78, 5) is 53.3. The van der Waals surface area contributed by atoms with E-state index >= 15 is 0 Å². The number of fused-ring (bicyclic) bond motifs is 2. The van der Waals surface area contributed by atoms with Gasteiger partial charge in [-0.3, -0.25) is 19.3 Å². The van der Waals surface area contributed by atoms with E-state index in [1.165, 1.54) is 23.8 Å². The van der Waals surface area contributed by atoms with Gasteiger partial charge in [-0.2, -0.15) is 0 Å². The van der Waals surface area contributed by atoms with Crippen molar-refractivity contribution in [2.24, 2.45) is 0 Å². The van der Waals surface area contributed by atoms with Crippen LogP contribution in [0.4, 0.5) is 0 Å². The lowest BCUT2D eigenvalue weighted by molar-refractivity contribution is -0.163. The number of amides is 3. The first-order valence-electron chi connectivity index (χ1n) is 8.83. The Balaban J connectivity index is 1.65. The Bertz CT molecular complexity index is 905. The second kappa shape index (κ2) is 6.94. The molecule has 0 radical (unpaired) electrons. The van der Waals surface area contributed by atoms with Crippen molar-refractivity contribution in [3.05, 3.63) is 59.0 Å². The number of rotatable bonds is 5. The third-order valence-corrected chi connectivity index (χ3v) is 6.41. The van der Waals surface area contributed by atoms with E-state index in [2.05, 4.69) is 6.58 Å². The average Bonchev–Trinajstić information content (AvgIpc) is 2.96. The minimum Gasteiger partial charge on any atom is -0.467 e. The van der Waals surface area contributed by atoms with Crippen LogP contribution < -0.4 is 0 Å². The van der Waals surface area contributed by atoms with Crippen molar-refractivity contribution < 1.29 is 23.9 Å². The van der Waals surface area contributed by atoms with Crippen LogP contribution in [0.25, 0.3) is 0 Å². The zero-order valence-corrected chi connectivity index (χ0v) is 16.0. The summed E-state index contributed by atoms with van der Waals surface area (Å²) in [5, 5.41) is 1.33. The van der Waals surface area contributed by atoms with Crippen molar-refractivity contribution in [1.82, 2.24) is 9.80 Å². The van der Waals surface area contributed by atoms with E-state index in [4.69, 9.17) is 4.74 Å². The van der Waals surface area contributed by atoms with Crippen molar-refractivity contribution in [2.45, 2.75) is 30.3 Å². The van der Waals surface area contributed by atoms with Crippen LogP contribution in [0.1, 0.15) is 33.6 Å². The SMILES string of the molecule is C=CCCC1=CSC2C(N3C(=O)c4ccccc4C3=O)C(=O)N2C1C(=O)OC. The molecule has 1 aromatic carbocycles. The van der Waals surface area contributed by atoms with Crippen LogP contribution in [0, 0.1) is 0 Å². The standard InChI is InChI=1S/C20H18N2O5S/c1-3-4-7-11-10-28-19-15(18(25)22(19)14(11)20(26)27-2)21-16(23)12-8-5-6-9-13(12)17(21)24/h3,5-6,8-10,14-15,19H,1,4,7H2,2H3. The number of ether oxygens (including phenoxy) is 1. The molecule has 144 valence electrons. The Hall–Kier alpha value is -2.87. The predicted molar refractivity (Wildman–Crippen MR) is 102 cm³/mol. The number of benzene rings is 1. The molecule has 3 aliphatic rings. The summed E-state index contributed by atoms with van der Waals surface area (Å²) in [5.74, 6) is -1.91. The fourth-order valence-electron chi connectivity index (χ4n) is 3.82. The van der Waals surface area contributed by atoms with Gasteiger partial charge in [-0.15, -0.1) is 18.3 Å². The summed E-state index contributed by atoms with van der Waals surface area (Å²) in [6.45, 7) is 3.69. The van der Waals surface area contributed by atoms with Gasteiger partial charge in [0.2, 0.25) is 0 Å². The third kappa shape index (κ3) is 2.51. The number of carbonyl (C=O) groups is 4. The molecule has 0 aromatic heterocycles. The Morgan fingerprint density at radius 3 is 2.43 bits per heavy atom. The second-order valence-electron chi connectivity index (χ2n) is 6.69. The fraction of sp³-hybridized carbons (Fsp3) is 0.300. The third-order valence-electron chi connectivity index (χ3n) is 5.21. The minimum absolute atomic E-state index is 0.297. The molecule has 7 nitrogen and oxygen atoms in total. The molecule has 0 spiro atoms. The highest BCUT2D eigenvalue weighted by atomic mass is 32.2. The number of thioether (sulfide) groups is 1. The minimum atomic E-state index is -0.929. The van der Waals surface area contributed by atoms with Gasteiger partial charge in [0.25, 0.3) is 17.7 Å². The van der Waals surface area contributed by atoms with E-state index < -0.39 is 41.1 Å². The average molecular weight is 398 g/mol. The molecule has 3 aliphatic heterocycles. The van der Waals surface area contributed by atoms with Gasteiger partial charge < -0.3 is 9.64 Å². The van der Waals surface area contributed by atoms with Gasteiger partial charge in [0.15, 0.2) is 6.04 Å². The predicted octanol–water partition coefficient (Wildman–Crippen LogP) is 1.96. The van der Waals surface area contributed by atoms with Crippen LogP contribution in [-0.2, 0) is 14.3 Å². The molecule has 1 aromatic rings. The lowest BCUT2D eigenvalue weighted by Gasteiger charge is -2.53. The van der Waals surface area contributed by atoms with Crippen LogP contribution in [-0.4, -0.2) is 58.1 Å². The molecule has 3 amide bonds. The van der Waals surface area contributed by atoms with Crippen molar-refractivity contribution in [1.29, 1.82) is 0 Å². The summed E-state index contributed by atoms with van der Waals surface area (Å²) in [7, 11) is 1.27. The Morgan fingerprint density at radius 1 is 1.21 bits per heavy atom. The summed E-state index contributed by atoms with van der Waals surface area (Å²) in [6, 6.07) is 4.75. The van der Waals surface area contributed by atoms with Gasteiger partial charge in [0.1, 0.15) is 11.4 Å². The molecule has 0 bridgehead atoms. The van der Waals surface area contributed by atoms with Gasteiger partial charge in [0.05, 0.1) is 18.2 Å². The zero-order chi connectivity index (χ0) is 20.0. The van der Waals surface area contributed by atoms with Crippen LogP contribution >= 0.6 is 11.8 Å². The molecule has 0 aliphatic carbocycles. The zero-order valence-electron chi connectivity index (χ0n) is 15.2. The summed E-state index contributed by atoms with van der Waals surface area (Å²) < 4.78 is 4.90. The van der Waals surface area contributed by atoms with Gasteiger partial charge in [-0.25, -0.2) is 4.79 Å². The number of carbonyl (C=O) groups excluding carboxylic acids is 4. The highest BCUT2D eigenvalue weighted by Crippen LogP contribution is 2.45. The van der Waals surface area contributed by atoms with Gasteiger partial charge in [0, 0.05) is 0 Å². The van der Waals surface area contributed by atoms with E-state index in [1.807, 2.05) is 5.41 Å². The van der Waals surface area contributed by atoms with Crippen molar-refractivity contribution in [3.63, 3.8) is 0 Å². The van der Waals surface area contributed by atoms with Crippen LogP contribution in [0.15, 0.2) is 47.9 Å². The van der Waals surface area contributed by atoms with Crippen molar-refractivity contribution in [2.75, 3.05) is 7.11 Å². The monoisotopic (exact) mass is 398 g/mol. The number of hydrogen-bond acceptors (Lipinski definition) is 6. The molecule has 28 heavy (non-hydrogen) atoms. The maximum atomic E-state index is 13.0. The molecule has 4 rings (SSSR count). The normalized spacial score (nSPS) is 25.7. The topological polar surface area (TPSA) is 84.0 Å². The number of nitrogens with zero attached hydrogens (tertiary/aromatic N) is 2. The smallest absolute Gasteiger partial charge is 0.333 e. The largest absolute Gasteiger partial charge is 0.467 e. The van der Waals surface area contributed by atoms with E-state index in [9.17, 15) is 19.2 Å². The molecule has 8 heteroatoms. The van der Waals surface area contributed by atoms with E-state index in [-0.39, 0.29) is 0 Å². The molecular formula is C20H18N2O5S. The number of methoxy groups -OCH3 is 1. The molecule has 1 saturated heterocycles. The molecule has 0 N–H and O–H groups in total. The number of allylic oxidation sites excluding steroid dienone is 1. The number of esters is 1. The van der Waals surface area contributed by atoms with Crippen LogP contribution in [0.5, 0.6) is 0 Å². The Morgan fingerprint density at radius 2 is 1.86 bits per heavy atom. The maximum Gasteiger partial charge on any atom is 0.333 e. The molecule has 3 unspecified atom stereocenters. The van der Waals surface area contributed by atoms with Gasteiger partial charge in [-0.1, -0.05) is 18.2 Å². The van der Waals surface area contributed by atoms with Crippen LogP contribution in [0.2, 0.25) is 0 Å². The number of β-lactam (4-membered cyclic amide) rings is 1. The number of hydrogen-bond donors (Lipinski definition) is 0. The van der Waals surface area contributed by atoms with Crippen molar-refractivity contribution >= 4 is 35.5 Å². The maximum absolute atomic E-state index is 13.0. The van der Waals surface area contributed by atoms with E-state index in [0.717, 1.165) is 10.5 Å². The van der Waals surface area contributed by atoms with E-state index in [1.54, 1.807) is 30.3 Å². The highest BCUT2D eigenvalue weighted by Gasteiger charge is 2.61. The van der Waals surface area contributed by atoms with E-state index in [0.29, 0.717) is 24.0 Å². The lowest BCUT2D eigenvalue weighted by atomic mass is 9.94. The first-order valence-corrected chi connectivity index (χ1v) is 9.77. The molecule has 1 fully saturated rings. The molecule has 0 saturated carbocycles. The van der Waals surface area contributed by atoms with Gasteiger partial charge >= 0.3 is 5.97 Å². The molecular weight excluding hydrogens is 380 g/mol. The van der Waals surface area contributed by atoms with Crippen LogP contribution in [0.3, 0.4) is 0 Å². The summed E-state index contributed by atoms with van der Waals surface area (Å²) in [6.07, 6.45) is 2.98. The first kappa shape index (κ1) is 18.5. The summed E-state index contributed by atoms with van der Waals surface area (Å²) >= 11 is 1.34. The highest BCUT2D eigenvalue weighted by molar-refractivity contribution is 8.02. The van der Waals surface area contributed by atoms with Gasteiger partial charge in [-0.05, 0) is 36.0 Å². The quantitative estimate of drug-likeness (QED) is 0.326. The Kier molecular flexibility index (Phi) is 4.58. The Labute approximate surface area is 166 Å². The number of imide groups is 1. The first-order chi connectivity index (χ1) is 13.5.